The van der Waals surface area contributed by atoms with E-state index in [9.17, 15) is 9.59 Å². The fourth-order valence-corrected chi connectivity index (χ4v) is 5.12. The topological polar surface area (TPSA) is 75.2 Å². The Labute approximate surface area is 183 Å². The van der Waals surface area contributed by atoms with E-state index in [-0.39, 0.29) is 18.2 Å². The molecule has 30 heavy (non-hydrogen) atoms. The zero-order valence-electron chi connectivity index (χ0n) is 16.6. The molecule has 0 aliphatic carbocycles. The van der Waals surface area contributed by atoms with Crippen LogP contribution in [0.2, 0.25) is 0 Å². The number of carbonyl (C=O) groups is 2. The predicted octanol–water partition coefficient (Wildman–Crippen LogP) is 4.27. The highest BCUT2D eigenvalue weighted by Gasteiger charge is 2.35. The lowest BCUT2D eigenvalue weighted by Gasteiger charge is -2.17. The Hall–Kier alpha value is -2.71. The quantitative estimate of drug-likeness (QED) is 0.596. The number of carbonyl (C=O) groups excluding carboxylic acids is 2. The van der Waals surface area contributed by atoms with Crippen molar-refractivity contribution in [1.29, 1.82) is 0 Å². The maximum Gasteiger partial charge on any atom is 0.231 e. The fourth-order valence-electron chi connectivity index (χ4n) is 3.33. The van der Waals surface area contributed by atoms with Gasteiger partial charge in [0.05, 0.1) is 5.92 Å². The number of amides is 2. The second kappa shape index (κ2) is 9.40. The van der Waals surface area contributed by atoms with Gasteiger partial charge in [0.25, 0.3) is 0 Å². The number of nitrogens with one attached hydrogen (secondary N) is 1. The van der Waals surface area contributed by atoms with E-state index in [1.54, 1.807) is 16.7 Å². The van der Waals surface area contributed by atoms with Crippen molar-refractivity contribution in [2.75, 3.05) is 16.8 Å². The van der Waals surface area contributed by atoms with E-state index in [1.165, 1.54) is 16.9 Å². The third-order valence-electron chi connectivity index (χ3n) is 4.84. The Bertz CT molecular complexity index is 1040. The maximum absolute atomic E-state index is 12.7. The molecule has 2 amide bonds. The number of aryl methyl sites for hydroxylation is 1. The van der Waals surface area contributed by atoms with Crippen LogP contribution < -0.4 is 10.2 Å². The molecule has 1 unspecified atom stereocenters. The van der Waals surface area contributed by atoms with E-state index < -0.39 is 5.92 Å². The fraction of sp³-hybridized carbons (Fsp3) is 0.273. The number of thioether (sulfide) groups is 1. The van der Waals surface area contributed by atoms with Gasteiger partial charge >= 0.3 is 0 Å². The minimum absolute atomic E-state index is 0.0315. The summed E-state index contributed by atoms with van der Waals surface area (Å²) in [6.45, 7) is 2.37. The molecule has 0 radical (unpaired) electrons. The molecule has 1 aliphatic rings. The lowest BCUT2D eigenvalue weighted by molar-refractivity contribution is -0.122. The first-order valence-electron chi connectivity index (χ1n) is 9.70. The van der Waals surface area contributed by atoms with Gasteiger partial charge < -0.3 is 10.2 Å². The number of nitrogens with zero attached hydrogens (tertiary/aromatic N) is 3. The first-order valence-corrected chi connectivity index (χ1v) is 11.7. The summed E-state index contributed by atoms with van der Waals surface area (Å²) in [5, 5.41) is 12.4. The molecule has 6 nitrogen and oxygen atoms in total. The molecule has 8 heteroatoms. The van der Waals surface area contributed by atoms with E-state index in [2.05, 4.69) is 27.6 Å². The van der Waals surface area contributed by atoms with Crippen LogP contribution in [0.15, 0.2) is 54.6 Å². The van der Waals surface area contributed by atoms with Crippen LogP contribution in [0, 0.1) is 12.8 Å². The van der Waals surface area contributed by atoms with Crippen LogP contribution in [-0.2, 0) is 21.1 Å². The van der Waals surface area contributed by atoms with Gasteiger partial charge in [-0.3, -0.25) is 9.59 Å². The summed E-state index contributed by atoms with van der Waals surface area (Å²) in [4.78, 5) is 26.8. The third-order valence-corrected chi connectivity index (χ3v) is 6.88. The Morgan fingerprint density at radius 1 is 1.17 bits per heavy atom. The van der Waals surface area contributed by atoms with Gasteiger partial charge in [0.1, 0.15) is 5.01 Å². The van der Waals surface area contributed by atoms with Gasteiger partial charge in [-0.1, -0.05) is 53.8 Å². The van der Waals surface area contributed by atoms with Gasteiger partial charge in [-0.2, -0.15) is 0 Å². The van der Waals surface area contributed by atoms with Gasteiger partial charge in [-0.25, -0.2) is 0 Å². The van der Waals surface area contributed by atoms with Crippen LogP contribution in [0.4, 0.5) is 10.8 Å². The number of hydrogen-bond donors (Lipinski definition) is 1. The Morgan fingerprint density at radius 3 is 2.80 bits per heavy atom. The molecule has 1 aliphatic heterocycles. The number of benzene rings is 2. The highest BCUT2D eigenvalue weighted by atomic mass is 32.2. The van der Waals surface area contributed by atoms with Crippen molar-refractivity contribution in [3.05, 3.63) is 70.7 Å². The molecule has 1 aromatic heterocycles. The minimum atomic E-state index is -0.391. The monoisotopic (exact) mass is 438 g/mol. The van der Waals surface area contributed by atoms with Gasteiger partial charge in [0.15, 0.2) is 0 Å². The number of hydrogen-bond acceptors (Lipinski definition) is 6. The molecule has 1 fully saturated rings. The maximum atomic E-state index is 12.7. The summed E-state index contributed by atoms with van der Waals surface area (Å²) >= 11 is 3.14. The molecular weight excluding hydrogens is 416 g/mol. The summed E-state index contributed by atoms with van der Waals surface area (Å²) in [6.07, 6.45) is 0.207. The average Bonchev–Trinajstić information content (AvgIpc) is 3.35. The smallest absolute Gasteiger partial charge is 0.231 e. The van der Waals surface area contributed by atoms with Crippen molar-refractivity contribution < 1.29 is 9.59 Å². The molecule has 0 spiro atoms. The SMILES string of the molecule is Cc1cccc(N2CC(C(=O)Nc3nnc(CSCc4ccccc4)s3)CC2=O)c1. The van der Waals surface area contributed by atoms with Crippen LogP contribution >= 0.6 is 23.1 Å². The Kier molecular flexibility index (Phi) is 6.44. The van der Waals surface area contributed by atoms with Crippen molar-refractivity contribution in [2.24, 2.45) is 5.92 Å². The van der Waals surface area contributed by atoms with Crippen LogP contribution in [0.1, 0.15) is 22.6 Å². The van der Waals surface area contributed by atoms with Crippen molar-refractivity contribution in [3.63, 3.8) is 0 Å². The van der Waals surface area contributed by atoms with E-state index in [1.807, 2.05) is 49.4 Å². The highest BCUT2D eigenvalue weighted by Crippen LogP contribution is 2.28. The largest absolute Gasteiger partial charge is 0.312 e. The van der Waals surface area contributed by atoms with E-state index in [4.69, 9.17) is 0 Å². The van der Waals surface area contributed by atoms with Crippen LogP contribution in [0.3, 0.4) is 0 Å². The molecule has 3 aromatic rings. The Balaban J connectivity index is 1.29. The molecule has 2 aromatic carbocycles. The van der Waals surface area contributed by atoms with Crippen molar-refractivity contribution in [3.8, 4) is 0 Å². The van der Waals surface area contributed by atoms with Crippen LogP contribution in [0.5, 0.6) is 0 Å². The van der Waals surface area contributed by atoms with Gasteiger partial charge in [0, 0.05) is 30.2 Å². The Morgan fingerprint density at radius 2 is 2.00 bits per heavy atom. The molecule has 1 atom stereocenters. The summed E-state index contributed by atoms with van der Waals surface area (Å²) in [5.74, 6) is 1.04. The zero-order valence-corrected chi connectivity index (χ0v) is 18.2. The van der Waals surface area contributed by atoms with Gasteiger partial charge in [-0.05, 0) is 30.2 Å². The minimum Gasteiger partial charge on any atom is -0.312 e. The van der Waals surface area contributed by atoms with E-state index >= 15 is 0 Å². The summed E-state index contributed by atoms with van der Waals surface area (Å²) in [6, 6.07) is 18.0. The first kappa shape index (κ1) is 20.6. The molecule has 1 N–H and O–H groups in total. The molecule has 2 heterocycles. The second-order valence-corrected chi connectivity index (χ2v) is 9.26. The number of anilines is 2. The molecule has 0 saturated carbocycles. The second-order valence-electron chi connectivity index (χ2n) is 7.21. The summed E-state index contributed by atoms with van der Waals surface area (Å²) < 4.78 is 0. The number of rotatable bonds is 7. The lowest BCUT2D eigenvalue weighted by atomic mass is 10.1. The van der Waals surface area contributed by atoms with E-state index in [0.717, 1.165) is 27.8 Å². The van der Waals surface area contributed by atoms with Crippen LogP contribution in [0.25, 0.3) is 0 Å². The van der Waals surface area contributed by atoms with Crippen molar-refractivity contribution in [2.45, 2.75) is 24.9 Å². The van der Waals surface area contributed by atoms with Crippen LogP contribution in [-0.4, -0.2) is 28.6 Å². The van der Waals surface area contributed by atoms with Crippen molar-refractivity contribution >= 4 is 45.7 Å². The van der Waals surface area contributed by atoms with Gasteiger partial charge in [-0.15, -0.1) is 22.0 Å². The lowest BCUT2D eigenvalue weighted by Crippen LogP contribution is -2.28. The standard InChI is InChI=1S/C22H22N4O2S2/c1-15-6-5-9-18(10-15)26-12-17(11-20(26)27)21(28)23-22-25-24-19(30-22)14-29-13-16-7-3-2-4-8-16/h2-10,17H,11-14H2,1H3,(H,23,25,28). The van der Waals surface area contributed by atoms with Gasteiger partial charge in [0.2, 0.25) is 16.9 Å². The molecular formula is C22H22N4O2S2. The highest BCUT2D eigenvalue weighted by molar-refractivity contribution is 7.97. The summed E-state index contributed by atoms with van der Waals surface area (Å²) in [5.41, 5.74) is 3.19. The normalized spacial score (nSPS) is 16.1. The first-order chi connectivity index (χ1) is 14.6. The predicted molar refractivity (Wildman–Crippen MR) is 122 cm³/mol. The molecule has 154 valence electrons. The molecule has 4 rings (SSSR count). The average molecular weight is 439 g/mol. The van der Waals surface area contributed by atoms with E-state index in [0.29, 0.717) is 11.7 Å². The summed E-state index contributed by atoms with van der Waals surface area (Å²) in [7, 11) is 0. The third kappa shape index (κ3) is 5.06. The number of aromatic nitrogens is 2. The zero-order chi connectivity index (χ0) is 20.9. The van der Waals surface area contributed by atoms with Crippen molar-refractivity contribution in [1.82, 2.24) is 10.2 Å². The molecule has 0 bridgehead atoms. The molecule has 1 saturated heterocycles.